The molecule has 3 N–H and O–H groups in total. The second kappa shape index (κ2) is 7.39. The van der Waals surface area contributed by atoms with E-state index in [0.29, 0.717) is 18.2 Å². The maximum absolute atomic E-state index is 11.4. The molecule has 2 aromatic rings. The van der Waals surface area contributed by atoms with E-state index in [1.165, 1.54) is 7.11 Å². The van der Waals surface area contributed by atoms with Gasteiger partial charge in [-0.15, -0.1) is 0 Å². The molecule has 8 heteroatoms. The predicted molar refractivity (Wildman–Crippen MR) is 82.4 cm³/mol. The summed E-state index contributed by atoms with van der Waals surface area (Å²) in [6.45, 7) is 2.23. The molecule has 1 aromatic carbocycles. The van der Waals surface area contributed by atoms with Crippen molar-refractivity contribution in [2.75, 3.05) is 7.11 Å². The molecule has 0 bridgehead atoms. The Morgan fingerprint density at radius 1 is 1.35 bits per heavy atom. The van der Waals surface area contributed by atoms with Crippen molar-refractivity contribution in [3.8, 4) is 0 Å². The lowest BCUT2D eigenvalue weighted by atomic mass is 10.2. The molecule has 8 nitrogen and oxygen atoms in total. The van der Waals surface area contributed by atoms with Crippen molar-refractivity contribution in [3.05, 3.63) is 47.5 Å². The molecule has 2 amide bonds. The lowest BCUT2D eigenvalue weighted by Gasteiger charge is -2.13. The fraction of sp³-hybridized carbons (Fsp3) is 0.333. The lowest BCUT2D eigenvalue weighted by molar-refractivity contribution is -0.117. The summed E-state index contributed by atoms with van der Waals surface area (Å²) in [6, 6.07) is 9.25. The second-order valence-electron chi connectivity index (χ2n) is 5.03. The van der Waals surface area contributed by atoms with Crippen LogP contribution in [0.15, 0.2) is 30.3 Å². The number of carbonyl (C=O) groups is 2. The summed E-state index contributed by atoms with van der Waals surface area (Å²) in [4.78, 5) is 26.8. The first-order chi connectivity index (χ1) is 11.0. The molecule has 0 fully saturated rings. The molecule has 1 atom stereocenters. The molecule has 0 radical (unpaired) electrons. The molecule has 1 heterocycles. The summed E-state index contributed by atoms with van der Waals surface area (Å²) in [5, 5.41) is 6.95. The Morgan fingerprint density at radius 3 is 2.65 bits per heavy atom. The zero-order valence-electron chi connectivity index (χ0n) is 13.0. The van der Waals surface area contributed by atoms with E-state index >= 15 is 0 Å². The van der Waals surface area contributed by atoms with Crippen LogP contribution in [0.4, 0.5) is 4.79 Å². The average molecular weight is 317 g/mol. The minimum absolute atomic E-state index is 0.0558. The van der Waals surface area contributed by atoms with Crippen molar-refractivity contribution in [1.82, 2.24) is 20.1 Å². The van der Waals surface area contributed by atoms with Crippen molar-refractivity contribution in [3.63, 3.8) is 0 Å². The zero-order valence-corrected chi connectivity index (χ0v) is 13.0. The first-order valence-corrected chi connectivity index (χ1v) is 7.10. The van der Waals surface area contributed by atoms with Gasteiger partial charge in [-0.3, -0.25) is 4.79 Å². The van der Waals surface area contributed by atoms with Gasteiger partial charge in [0, 0.05) is 0 Å². The highest BCUT2D eigenvalue weighted by Crippen LogP contribution is 2.13. The van der Waals surface area contributed by atoms with Crippen LogP contribution in [0.25, 0.3) is 0 Å². The monoisotopic (exact) mass is 317 g/mol. The van der Waals surface area contributed by atoms with Gasteiger partial charge in [-0.2, -0.15) is 5.10 Å². The molecule has 0 saturated heterocycles. The number of rotatable bonds is 6. The van der Waals surface area contributed by atoms with Gasteiger partial charge in [0.2, 0.25) is 5.91 Å². The third-order valence-corrected chi connectivity index (χ3v) is 3.16. The highest BCUT2D eigenvalue weighted by Gasteiger charge is 2.19. The third kappa shape index (κ3) is 4.53. The van der Waals surface area contributed by atoms with Gasteiger partial charge in [0.25, 0.3) is 0 Å². The van der Waals surface area contributed by atoms with Crippen LogP contribution in [-0.2, 0) is 22.5 Å². The van der Waals surface area contributed by atoms with Crippen LogP contribution < -0.4 is 11.1 Å². The van der Waals surface area contributed by atoms with Gasteiger partial charge in [0.1, 0.15) is 5.82 Å². The number of hydrogen-bond donors (Lipinski definition) is 2. The first-order valence-electron chi connectivity index (χ1n) is 7.10. The van der Waals surface area contributed by atoms with Crippen molar-refractivity contribution in [2.45, 2.75) is 25.9 Å². The summed E-state index contributed by atoms with van der Waals surface area (Å²) >= 11 is 0. The molecule has 0 aliphatic carbocycles. The third-order valence-electron chi connectivity index (χ3n) is 3.16. The van der Waals surface area contributed by atoms with Gasteiger partial charge in [-0.1, -0.05) is 30.3 Å². The number of nitrogens with one attached hydrogen (secondary N) is 1. The normalized spacial score (nSPS) is 11.7. The number of ether oxygens (including phenoxy) is 1. The summed E-state index contributed by atoms with van der Waals surface area (Å²) < 4.78 is 6.24. The second-order valence-corrected chi connectivity index (χ2v) is 5.03. The minimum atomic E-state index is -0.566. The van der Waals surface area contributed by atoms with Crippen LogP contribution >= 0.6 is 0 Å². The number of hydrogen-bond acceptors (Lipinski definition) is 5. The molecular formula is C15H19N5O3. The molecule has 0 saturated carbocycles. The number of aromatic nitrogens is 3. The molecule has 0 aliphatic rings. The molecule has 1 aromatic heterocycles. The Bertz CT molecular complexity index is 684. The number of nitrogens with zero attached hydrogens (tertiary/aromatic N) is 3. The molecule has 0 spiro atoms. The van der Waals surface area contributed by atoms with E-state index in [-0.39, 0.29) is 6.42 Å². The Balaban J connectivity index is 2.28. The standard InChI is InChI=1S/C15H19N5O3/c1-10(17-15(22)23-2)14-18-13(8-12(16)21)19-20(14)9-11-6-4-3-5-7-11/h3-7,10H,8-9H2,1-2H3,(H2,16,21)(H,17,22). The van der Waals surface area contributed by atoms with Gasteiger partial charge in [0.05, 0.1) is 26.1 Å². The Kier molecular flexibility index (Phi) is 5.29. The minimum Gasteiger partial charge on any atom is -0.453 e. The van der Waals surface area contributed by atoms with Crippen LogP contribution in [0.2, 0.25) is 0 Å². The van der Waals surface area contributed by atoms with E-state index in [0.717, 1.165) is 5.56 Å². The number of nitrogens with two attached hydrogens (primary N) is 1. The van der Waals surface area contributed by atoms with Gasteiger partial charge in [-0.05, 0) is 12.5 Å². The predicted octanol–water partition coefficient (Wildman–Crippen LogP) is 0.771. The highest BCUT2D eigenvalue weighted by atomic mass is 16.5. The van der Waals surface area contributed by atoms with Crippen LogP contribution in [0.3, 0.4) is 0 Å². The molecule has 0 aliphatic heterocycles. The van der Waals surface area contributed by atoms with Crippen molar-refractivity contribution < 1.29 is 14.3 Å². The highest BCUT2D eigenvalue weighted by molar-refractivity contribution is 5.75. The number of carbonyl (C=O) groups excluding carboxylic acids is 2. The molecule has 2 rings (SSSR count). The zero-order chi connectivity index (χ0) is 16.8. The largest absolute Gasteiger partial charge is 0.453 e. The fourth-order valence-corrected chi connectivity index (χ4v) is 2.13. The first kappa shape index (κ1) is 16.5. The Labute approximate surface area is 133 Å². The number of primary amides is 1. The van der Waals surface area contributed by atoms with E-state index in [2.05, 4.69) is 20.1 Å². The van der Waals surface area contributed by atoms with E-state index in [1.54, 1.807) is 11.6 Å². The smallest absolute Gasteiger partial charge is 0.407 e. The Morgan fingerprint density at radius 2 is 2.04 bits per heavy atom. The van der Waals surface area contributed by atoms with Crippen molar-refractivity contribution >= 4 is 12.0 Å². The SMILES string of the molecule is COC(=O)NC(C)c1nc(CC(N)=O)nn1Cc1ccccc1. The quantitative estimate of drug-likeness (QED) is 0.817. The summed E-state index contributed by atoms with van der Waals surface area (Å²) in [7, 11) is 1.29. The van der Waals surface area contributed by atoms with E-state index in [1.807, 2.05) is 30.3 Å². The Hall–Kier alpha value is -2.90. The van der Waals surface area contributed by atoms with E-state index in [4.69, 9.17) is 5.73 Å². The molecular weight excluding hydrogens is 298 g/mol. The maximum atomic E-state index is 11.4. The number of amides is 2. The maximum Gasteiger partial charge on any atom is 0.407 e. The number of alkyl carbamates (subject to hydrolysis) is 1. The van der Waals surface area contributed by atoms with Gasteiger partial charge in [-0.25, -0.2) is 14.5 Å². The summed E-state index contributed by atoms with van der Waals surface area (Å²) in [5.41, 5.74) is 6.22. The van der Waals surface area contributed by atoms with Crippen LogP contribution in [0.5, 0.6) is 0 Å². The number of benzene rings is 1. The van der Waals surface area contributed by atoms with Gasteiger partial charge < -0.3 is 15.8 Å². The van der Waals surface area contributed by atoms with E-state index < -0.39 is 18.0 Å². The van der Waals surface area contributed by atoms with Crippen LogP contribution in [0.1, 0.15) is 30.2 Å². The van der Waals surface area contributed by atoms with Crippen molar-refractivity contribution in [2.24, 2.45) is 5.73 Å². The average Bonchev–Trinajstić information content (AvgIpc) is 2.89. The van der Waals surface area contributed by atoms with E-state index in [9.17, 15) is 9.59 Å². The molecule has 122 valence electrons. The van der Waals surface area contributed by atoms with Crippen molar-refractivity contribution in [1.29, 1.82) is 0 Å². The molecule has 23 heavy (non-hydrogen) atoms. The van der Waals surface area contributed by atoms with Crippen LogP contribution in [-0.4, -0.2) is 33.9 Å². The van der Waals surface area contributed by atoms with Crippen LogP contribution in [0, 0.1) is 0 Å². The summed E-state index contributed by atoms with van der Waals surface area (Å²) in [5.74, 6) is 0.333. The summed E-state index contributed by atoms with van der Waals surface area (Å²) in [6.07, 6.45) is -0.622. The fourth-order valence-electron chi connectivity index (χ4n) is 2.13. The van der Waals surface area contributed by atoms with Gasteiger partial charge in [0.15, 0.2) is 5.82 Å². The van der Waals surface area contributed by atoms with Gasteiger partial charge >= 0.3 is 6.09 Å². The lowest BCUT2D eigenvalue weighted by Crippen LogP contribution is -2.28. The number of methoxy groups -OCH3 is 1. The topological polar surface area (TPSA) is 112 Å². The molecule has 1 unspecified atom stereocenters.